The highest BCUT2D eigenvalue weighted by Crippen LogP contribution is 2.19. The van der Waals surface area contributed by atoms with Crippen LogP contribution in [0.1, 0.15) is 17.3 Å². The first-order valence-corrected chi connectivity index (χ1v) is 7.69. The van der Waals surface area contributed by atoms with Crippen molar-refractivity contribution >= 4 is 5.97 Å². The van der Waals surface area contributed by atoms with E-state index in [1.54, 1.807) is 22.9 Å². The van der Waals surface area contributed by atoms with E-state index in [1.807, 2.05) is 48.7 Å². The Balaban J connectivity index is 0.000000352. The molecule has 0 aliphatic rings. The fraction of sp³-hybridized carbons (Fsp3) is 0.158. The molecular formula is C19H17F3N2O2. The van der Waals surface area contributed by atoms with Crippen molar-refractivity contribution in [3.8, 4) is 16.9 Å². The quantitative estimate of drug-likeness (QED) is 0.722. The molecule has 2 aromatic carbocycles. The van der Waals surface area contributed by atoms with Gasteiger partial charge in [0, 0.05) is 18.7 Å². The molecule has 1 N–H and O–H groups in total. The second-order valence-electron chi connectivity index (χ2n) is 5.57. The Morgan fingerprint density at radius 2 is 1.77 bits per heavy atom. The third-order valence-corrected chi connectivity index (χ3v) is 3.25. The van der Waals surface area contributed by atoms with Gasteiger partial charge < -0.3 is 5.11 Å². The minimum atomic E-state index is -3.12. The maximum absolute atomic E-state index is 11.1. The molecule has 0 saturated carbocycles. The van der Waals surface area contributed by atoms with Gasteiger partial charge in [-0.1, -0.05) is 30.3 Å². The number of rotatable bonds is 4. The summed E-state index contributed by atoms with van der Waals surface area (Å²) in [5.41, 5.74) is 2.77. The molecule has 0 bridgehead atoms. The molecule has 0 atom stereocenters. The summed E-state index contributed by atoms with van der Waals surface area (Å²) in [6.45, 7) is -1.03. The molecule has 0 aliphatic carbocycles. The third-order valence-electron chi connectivity index (χ3n) is 3.25. The maximum Gasteiger partial charge on any atom is 0.335 e. The zero-order valence-electron chi connectivity index (χ0n) is 13.9. The van der Waals surface area contributed by atoms with Crippen molar-refractivity contribution in [3.63, 3.8) is 0 Å². The highest BCUT2D eigenvalue weighted by molar-refractivity contribution is 5.89. The van der Waals surface area contributed by atoms with Crippen molar-refractivity contribution < 1.29 is 23.1 Å². The van der Waals surface area contributed by atoms with Gasteiger partial charge >= 0.3 is 5.97 Å². The van der Waals surface area contributed by atoms with Gasteiger partial charge in [0.2, 0.25) is 0 Å². The van der Waals surface area contributed by atoms with E-state index in [0.717, 1.165) is 16.9 Å². The van der Waals surface area contributed by atoms with E-state index in [1.165, 1.54) is 0 Å². The second kappa shape index (κ2) is 8.33. The molecule has 136 valence electrons. The zero-order chi connectivity index (χ0) is 19.2. The minimum absolute atomic E-state index is 0.261. The molecule has 0 fully saturated rings. The fourth-order valence-electron chi connectivity index (χ4n) is 2.01. The number of halogens is 3. The van der Waals surface area contributed by atoms with Crippen LogP contribution in [0.4, 0.5) is 13.2 Å². The van der Waals surface area contributed by atoms with E-state index in [0.29, 0.717) is 6.92 Å². The number of carbonyl (C=O) groups is 1. The molecule has 0 saturated heterocycles. The van der Waals surface area contributed by atoms with Gasteiger partial charge in [0.05, 0.1) is 16.9 Å². The number of hydrogen-bond donors (Lipinski definition) is 1. The van der Waals surface area contributed by atoms with Crippen molar-refractivity contribution in [2.45, 2.75) is 12.8 Å². The van der Waals surface area contributed by atoms with Crippen molar-refractivity contribution in [1.29, 1.82) is 0 Å². The Kier molecular flexibility index (Phi) is 6.16. The van der Waals surface area contributed by atoms with Crippen LogP contribution < -0.4 is 0 Å². The summed E-state index contributed by atoms with van der Waals surface area (Å²) in [5, 5.41) is 13.5. The maximum atomic E-state index is 11.1. The Hall–Kier alpha value is -3.09. The standard InChI is InChI=1S/C16H12N2O2.C3H5F3/c19-16(20)13-6-4-5-12(11-13)15-9-10-18(17-15)14-7-2-1-3-8-14;1-3(5,6)2-4/h1-11H,(H,19,20);2H2,1H3. The number of carboxylic acids is 1. The van der Waals surface area contributed by atoms with Gasteiger partial charge in [0.15, 0.2) is 6.67 Å². The highest BCUT2D eigenvalue weighted by atomic mass is 19.3. The summed E-state index contributed by atoms with van der Waals surface area (Å²) in [4.78, 5) is 11.0. The van der Waals surface area contributed by atoms with Gasteiger partial charge in [-0.05, 0) is 30.3 Å². The Morgan fingerprint density at radius 1 is 1.12 bits per heavy atom. The van der Waals surface area contributed by atoms with Crippen LogP contribution in [-0.4, -0.2) is 33.5 Å². The van der Waals surface area contributed by atoms with Gasteiger partial charge in [-0.2, -0.15) is 5.10 Å². The monoisotopic (exact) mass is 362 g/mol. The number of nitrogens with zero attached hydrogens (tertiary/aromatic N) is 2. The third kappa shape index (κ3) is 5.47. The molecule has 0 spiro atoms. The Labute approximate surface area is 148 Å². The minimum Gasteiger partial charge on any atom is -0.478 e. The number of benzene rings is 2. The molecule has 0 amide bonds. The number of alkyl halides is 3. The largest absolute Gasteiger partial charge is 0.478 e. The predicted octanol–water partition coefficient (Wildman–Crippen LogP) is 4.85. The summed E-state index contributed by atoms with van der Waals surface area (Å²) < 4.78 is 34.7. The summed E-state index contributed by atoms with van der Waals surface area (Å²) in [7, 11) is 0. The lowest BCUT2D eigenvalue weighted by Crippen LogP contribution is -2.10. The molecule has 3 rings (SSSR count). The van der Waals surface area contributed by atoms with Crippen LogP contribution in [0.5, 0.6) is 0 Å². The zero-order valence-corrected chi connectivity index (χ0v) is 13.9. The molecule has 0 unspecified atom stereocenters. The second-order valence-corrected chi connectivity index (χ2v) is 5.57. The van der Waals surface area contributed by atoms with E-state index >= 15 is 0 Å². The fourth-order valence-corrected chi connectivity index (χ4v) is 2.01. The van der Waals surface area contributed by atoms with Gasteiger partial charge in [0.1, 0.15) is 0 Å². The SMILES string of the molecule is CC(F)(F)CF.O=C(O)c1cccc(-c2ccn(-c3ccccc3)n2)c1. The smallest absolute Gasteiger partial charge is 0.335 e. The van der Waals surface area contributed by atoms with Gasteiger partial charge in [0.25, 0.3) is 5.92 Å². The van der Waals surface area contributed by atoms with E-state index < -0.39 is 18.6 Å². The normalized spacial score (nSPS) is 10.8. The lowest BCUT2D eigenvalue weighted by Gasteiger charge is -2.01. The number of hydrogen-bond acceptors (Lipinski definition) is 2. The first kappa shape index (κ1) is 19.2. The van der Waals surface area contributed by atoms with E-state index in [-0.39, 0.29) is 5.56 Å². The summed E-state index contributed by atoms with van der Waals surface area (Å²) >= 11 is 0. The first-order valence-electron chi connectivity index (χ1n) is 7.69. The predicted molar refractivity (Wildman–Crippen MR) is 92.6 cm³/mol. The topological polar surface area (TPSA) is 55.1 Å². The average molecular weight is 362 g/mol. The van der Waals surface area contributed by atoms with Gasteiger partial charge in [-0.3, -0.25) is 0 Å². The average Bonchev–Trinajstić information content (AvgIpc) is 3.13. The lowest BCUT2D eigenvalue weighted by atomic mass is 10.1. The summed E-state index contributed by atoms with van der Waals surface area (Å²) in [5.74, 6) is -4.06. The van der Waals surface area contributed by atoms with Crippen LogP contribution in [0, 0.1) is 0 Å². The van der Waals surface area contributed by atoms with Crippen molar-refractivity contribution in [2.75, 3.05) is 6.67 Å². The number of para-hydroxylation sites is 1. The lowest BCUT2D eigenvalue weighted by molar-refractivity contribution is -0.00294. The Morgan fingerprint density at radius 3 is 2.35 bits per heavy atom. The Bertz CT molecular complexity index is 858. The van der Waals surface area contributed by atoms with Gasteiger partial charge in [-0.25, -0.2) is 22.6 Å². The number of aromatic carboxylic acids is 1. The molecule has 7 heteroatoms. The van der Waals surface area contributed by atoms with Gasteiger partial charge in [-0.15, -0.1) is 0 Å². The van der Waals surface area contributed by atoms with Crippen LogP contribution in [0.3, 0.4) is 0 Å². The summed E-state index contributed by atoms with van der Waals surface area (Å²) in [6, 6.07) is 18.4. The van der Waals surface area contributed by atoms with E-state index in [4.69, 9.17) is 5.11 Å². The highest BCUT2D eigenvalue weighted by Gasteiger charge is 2.19. The molecular weight excluding hydrogens is 345 g/mol. The van der Waals surface area contributed by atoms with Crippen molar-refractivity contribution in [2.24, 2.45) is 0 Å². The van der Waals surface area contributed by atoms with Crippen LogP contribution in [0.2, 0.25) is 0 Å². The van der Waals surface area contributed by atoms with Crippen molar-refractivity contribution in [1.82, 2.24) is 9.78 Å². The number of carboxylic acid groups (broad SMARTS) is 1. The molecule has 3 aromatic rings. The van der Waals surface area contributed by atoms with Crippen LogP contribution in [0.15, 0.2) is 66.9 Å². The molecule has 0 radical (unpaired) electrons. The molecule has 1 aromatic heterocycles. The molecule has 4 nitrogen and oxygen atoms in total. The molecule has 26 heavy (non-hydrogen) atoms. The van der Waals surface area contributed by atoms with E-state index in [9.17, 15) is 18.0 Å². The van der Waals surface area contributed by atoms with Crippen LogP contribution in [0.25, 0.3) is 16.9 Å². The molecule has 0 aliphatic heterocycles. The summed E-state index contributed by atoms with van der Waals surface area (Å²) in [6.07, 6.45) is 1.86. The van der Waals surface area contributed by atoms with Crippen LogP contribution in [-0.2, 0) is 0 Å². The first-order chi connectivity index (χ1) is 12.3. The van der Waals surface area contributed by atoms with E-state index in [2.05, 4.69) is 5.10 Å². The van der Waals surface area contributed by atoms with Crippen molar-refractivity contribution in [3.05, 3.63) is 72.4 Å². The van der Waals surface area contributed by atoms with Crippen LogP contribution >= 0.6 is 0 Å². The number of aromatic nitrogens is 2. The molecule has 1 heterocycles.